The first-order chi connectivity index (χ1) is 11.0. The third-order valence-electron chi connectivity index (χ3n) is 3.36. The molecule has 2 aromatic heterocycles. The standard InChI is InChI=1S/C16H24BrN5S.HI/c1-12(2)10-22-8-7-19-15(22)9-20-16(18-3)21(4)11-13-5-6-14(17)23-13;/h5-8,12H,9-11H2,1-4H3,(H,18,20);1H. The Balaban J connectivity index is 0.00000288. The Morgan fingerprint density at radius 2 is 2.21 bits per heavy atom. The van der Waals surface area contributed by atoms with Crippen molar-refractivity contribution in [1.29, 1.82) is 0 Å². The van der Waals surface area contributed by atoms with E-state index < -0.39 is 0 Å². The Labute approximate surface area is 173 Å². The molecule has 0 saturated heterocycles. The van der Waals surface area contributed by atoms with Crippen LogP contribution in [0.2, 0.25) is 0 Å². The molecule has 0 unspecified atom stereocenters. The lowest BCUT2D eigenvalue weighted by Gasteiger charge is -2.21. The normalized spacial score (nSPS) is 11.5. The number of hydrogen-bond donors (Lipinski definition) is 1. The van der Waals surface area contributed by atoms with Gasteiger partial charge in [0.1, 0.15) is 5.82 Å². The summed E-state index contributed by atoms with van der Waals surface area (Å²) >= 11 is 5.25. The van der Waals surface area contributed by atoms with Gasteiger partial charge < -0.3 is 14.8 Å². The van der Waals surface area contributed by atoms with Crippen LogP contribution in [0.25, 0.3) is 0 Å². The molecule has 2 rings (SSSR count). The Bertz CT molecular complexity index is 652. The number of nitrogens with zero attached hydrogens (tertiary/aromatic N) is 4. The molecule has 24 heavy (non-hydrogen) atoms. The molecule has 0 amide bonds. The van der Waals surface area contributed by atoms with Crippen LogP contribution in [0.3, 0.4) is 0 Å². The zero-order valence-electron chi connectivity index (χ0n) is 14.5. The number of thiophene rings is 1. The molecule has 0 atom stereocenters. The molecule has 134 valence electrons. The van der Waals surface area contributed by atoms with Crippen LogP contribution in [0.5, 0.6) is 0 Å². The fraction of sp³-hybridized carbons (Fsp3) is 0.500. The summed E-state index contributed by atoms with van der Waals surface area (Å²) in [5.41, 5.74) is 0. The number of imidazole rings is 1. The molecule has 2 aromatic rings. The summed E-state index contributed by atoms with van der Waals surface area (Å²) in [5, 5.41) is 3.40. The van der Waals surface area contributed by atoms with Gasteiger partial charge in [0.25, 0.3) is 0 Å². The van der Waals surface area contributed by atoms with Gasteiger partial charge in [-0.2, -0.15) is 0 Å². The average molecular weight is 526 g/mol. The van der Waals surface area contributed by atoms with Crippen LogP contribution in [0.4, 0.5) is 0 Å². The minimum Gasteiger partial charge on any atom is -0.349 e. The van der Waals surface area contributed by atoms with Gasteiger partial charge in [-0.15, -0.1) is 35.3 Å². The van der Waals surface area contributed by atoms with Crippen molar-refractivity contribution in [3.8, 4) is 0 Å². The molecule has 0 bridgehead atoms. The smallest absolute Gasteiger partial charge is 0.194 e. The predicted octanol–water partition coefficient (Wildman–Crippen LogP) is 4.19. The molecule has 0 radical (unpaired) electrons. The molecule has 2 heterocycles. The lowest BCUT2D eigenvalue weighted by molar-refractivity contribution is 0.471. The Hall–Kier alpha value is -0.610. The van der Waals surface area contributed by atoms with Crippen molar-refractivity contribution in [2.75, 3.05) is 14.1 Å². The van der Waals surface area contributed by atoms with Gasteiger partial charge in [0.05, 0.1) is 16.9 Å². The molecular weight excluding hydrogens is 501 g/mol. The minimum absolute atomic E-state index is 0. The number of nitrogens with one attached hydrogen (secondary N) is 1. The topological polar surface area (TPSA) is 45.5 Å². The van der Waals surface area contributed by atoms with Crippen molar-refractivity contribution in [3.63, 3.8) is 0 Å². The third-order valence-corrected chi connectivity index (χ3v) is 4.97. The van der Waals surface area contributed by atoms with E-state index in [2.05, 4.69) is 66.7 Å². The zero-order valence-corrected chi connectivity index (χ0v) is 19.2. The van der Waals surface area contributed by atoms with Gasteiger partial charge in [0, 0.05) is 37.9 Å². The lowest BCUT2D eigenvalue weighted by atomic mass is 10.2. The van der Waals surface area contributed by atoms with Crippen LogP contribution >= 0.6 is 51.2 Å². The number of aliphatic imine (C=N–C) groups is 1. The second-order valence-electron chi connectivity index (χ2n) is 5.85. The van der Waals surface area contributed by atoms with Crippen LogP contribution in [0, 0.1) is 5.92 Å². The van der Waals surface area contributed by atoms with Gasteiger partial charge in [0.2, 0.25) is 0 Å². The van der Waals surface area contributed by atoms with Gasteiger partial charge in [-0.1, -0.05) is 13.8 Å². The molecule has 0 aromatic carbocycles. The predicted molar refractivity (Wildman–Crippen MR) is 116 cm³/mol. The molecule has 0 aliphatic rings. The van der Waals surface area contributed by atoms with E-state index in [9.17, 15) is 0 Å². The van der Waals surface area contributed by atoms with Crippen molar-refractivity contribution in [2.24, 2.45) is 10.9 Å². The Morgan fingerprint density at radius 3 is 2.79 bits per heavy atom. The maximum Gasteiger partial charge on any atom is 0.194 e. The van der Waals surface area contributed by atoms with Gasteiger partial charge in [-0.3, -0.25) is 4.99 Å². The number of guanidine groups is 1. The van der Waals surface area contributed by atoms with E-state index in [-0.39, 0.29) is 24.0 Å². The largest absolute Gasteiger partial charge is 0.349 e. The molecule has 0 aliphatic carbocycles. The molecule has 1 N–H and O–H groups in total. The first-order valence-electron chi connectivity index (χ1n) is 7.65. The Kier molecular flexibility index (Phi) is 9.28. The van der Waals surface area contributed by atoms with E-state index >= 15 is 0 Å². The highest BCUT2D eigenvalue weighted by Gasteiger charge is 2.10. The van der Waals surface area contributed by atoms with Crippen LogP contribution in [0.15, 0.2) is 33.3 Å². The van der Waals surface area contributed by atoms with Crippen molar-refractivity contribution in [3.05, 3.63) is 39.0 Å². The van der Waals surface area contributed by atoms with Gasteiger partial charge in [0.15, 0.2) is 5.96 Å². The number of aromatic nitrogens is 2. The number of hydrogen-bond acceptors (Lipinski definition) is 3. The van der Waals surface area contributed by atoms with Crippen molar-refractivity contribution in [2.45, 2.75) is 33.5 Å². The van der Waals surface area contributed by atoms with Crippen molar-refractivity contribution < 1.29 is 0 Å². The van der Waals surface area contributed by atoms with E-state index in [0.29, 0.717) is 12.5 Å². The van der Waals surface area contributed by atoms with E-state index in [4.69, 9.17) is 0 Å². The molecule has 8 heteroatoms. The van der Waals surface area contributed by atoms with E-state index in [1.54, 1.807) is 11.3 Å². The van der Waals surface area contributed by atoms with Gasteiger partial charge >= 0.3 is 0 Å². The molecule has 5 nitrogen and oxygen atoms in total. The van der Waals surface area contributed by atoms with Crippen LogP contribution < -0.4 is 5.32 Å². The van der Waals surface area contributed by atoms with Crippen LogP contribution in [-0.4, -0.2) is 34.5 Å². The summed E-state index contributed by atoms with van der Waals surface area (Å²) < 4.78 is 3.35. The summed E-state index contributed by atoms with van der Waals surface area (Å²) in [6.07, 6.45) is 3.89. The first kappa shape index (κ1) is 21.4. The SMILES string of the molecule is CN=C(NCc1nccn1CC(C)C)N(C)Cc1ccc(Br)s1.I. The molecule has 0 spiro atoms. The quantitative estimate of drug-likeness (QED) is 0.349. The second kappa shape index (κ2) is 10.4. The molecule has 0 fully saturated rings. The van der Waals surface area contributed by atoms with Gasteiger partial charge in [-0.25, -0.2) is 4.98 Å². The maximum atomic E-state index is 4.44. The summed E-state index contributed by atoms with van der Waals surface area (Å²) in [4.78, 5) is 12.2. The molecule has 0 aliphatic heterocycles. The van der Waals surface area contributed by atoms with E-state index in [1.165, 1.54) is 4.88 Å². The van der Waals surface area contributed by atoms with Crippen molar-refractivity contribution >= 4 is 57.2 Å². The van der Waals surface area contributed by atoms with Crippen LogP contribution in [0.1, 0.15) is 24.5 Å². The number of halogens is 2. The minimum atomic E-state index is 0. The molecular formula is C16H25BrIN5S. The highest BCUT2D eigenvalue weighted by atomic mass is 127. The van der Waals surface area contributed by atoms with E-state index in [0.717, 1.165) is 28.7 Å². The molecule has 0 saturated carbocycles. The average Bonchev–Trinajstić information content (AvgIpc) is 3.08. The zero-order chi connectivity index (χ0) is 16.8. The van der Waals surface area contributed by atoms with Gasteiger partial charge in [-0.05, 0) is 34.0 Å². The highest BCUT2D eigenvalue weighted by molar-refractivity contribution is 14.0. The Morgan fingerprint density at radius 1 is 1.46 bits per heavy atom. The highest BCUT2D eigenvalue weighted by Crippen LogP contribution is 2.22. The summed E-state index contributed by atoms with van der Waals surface area (Å²) in [6.45, 7) is 6.90. The lowest BCUT2D eigenvalue weighted by Crippen LogP contribution is -2.38. The van der Waals surface area contributed by atoms with E-state index in [1.807, 2.05) is 26.5 Å². The number of rotatable bonds is 6. The van der Waals surface area contributed by atoms with Crippen molar-refractivity contribution in [1.82, 2.24) is 19.8 Å². The fourth-order valence-corrected chi connectivity index (χ4v) is 3.89. The summed E-state index contributed by atoms with van der Waals surface area (Å²) in [5.74, 6) is 2.50. The third kappa shape index (κ3) is 6.36. The fourth-order valence-electron chi connectivity index (χ4n) is 2.36. The second-order valence-corrected chi connectivity index (χ2v) is 8.40. The summed E-state index contributed by atoms with van der Waals surface area (Å²) in [6, 6.07) is 4.21. The first-order valence-corrected chi connectivity index (χ1v) is 9.26. The summed E-state index contributed by atoms with van der Waals surface area (Å²) in [7, 11) is 3.85. The maximum absolute atomic E-state index is 4.44. The van der Waals surface area contributed by atoms with Crippen LogP contribution in [-0.2, 0) is 19.6 Å². The monoisotopic (exact) mass is 525 g/mol.